The molecule has 0 saturated carbocycles. The summed E-state index contributed by atoms with van der Waals surface area (Å²) in [6.07, 6.45) is 3.72. The van der Waals surface area contributed by atoms with E-state index in [-0.39, 0.29) is 30.6 Å². The number of amides is 2. The number of carbonyl (C=O) groups is 2. The number of nitrogens with zero attached hydrogens (tertiary/aromatic N) is 1. The summed E-state index contributed by atoms with van der Waals surface area (Å²) >= 11 is 0. The summed E-state index contributed by atoms with van der Waals surface area (Å²) in [7, 11) is 2.06. The Kier molecular flexibility index (Phi) is 13.3. The van der Waals surface area contributed by atoms with Gasteiger partial charge in [0.25, 0.3) is 0 Å². The molecule has 1 heterocycles. The third-order valence-corrected chi connectivity index (χ3v) is 8.77. The van der Waals surface area contributed by atoms with E-state index in [0.29, 0.717) is 50.0 Å². The van der Waals surface area contributed by atoms with Crippen molar-refractivity contribution in [2.75, 3.05) is 31.2 Å². The van der Waals surface area contributed by atoms with Crippen molar-refractivity contribution in [3.05, 3.63) is 132 Å². The average molecular weight is 677 g/mol. The van der Waals surface area contributed by atoms with E-state index in [1.165, 1.54) is 0 Å². The van der Waals surface area contributed by atoms with Gasteiger partial charge in [0.1, 0.15) is 0 Å². The highest BCUT2D eigenvalue weighted by atomic mass is 16.7. The number of likely N-dealkylation sites (N-methyl/N-ethyl adjacent to an activating group) is 1. The molecule has 9 nitrogen and oxygen atoms in total. The summed E-state index contributed by atoms with van der Waals surface area (Å²) in [6, 6.07) is 31.4. The number of ether oxygens (including phenoxy) is 2. The van der Waals surface area contributed by atoms with Gasteiger partial charge in [0.15, 0.2) is 6.29 Å². The Bertz CT molecular complexity index is 1730. The Hall–Kier alpha value is -4.80. The third kappa shape index (κ3) is 10.6. The van der Waals surface area contributed by atoms with Gasteiger partial charge in [-0.25, -0.2) is 0 Å². The number of aliphatic hydroxyl groups is 1. The number of nitrogens with two attached hydrogens (primary N) is 1. The molecule has 50 heavy (non-hydrogen) atoms. The number of anilines is 2. The smallest absolute Gasteiger partial charge is 0.224 e. The zero-order chi connectivity index (χ0) is 35.3. The van der Waals surface area contributed by atoms with E-state index in [2.05, 4.69) is 53.4 Å². The SMILES string of the molecule is C=CCN(C)C[C@@H]1C[C@H](c2ccc(CO)cc2)O[C@H](c2cccc(-c3cccc(CNC(=O)CCCCC(=O)Nc4ccccc4N)c3)c2)O1. The maximum atomic E-state index is 12.6. The predicted octanol–water partition coefficient (Wildman–Crippen LogP) is 6.91. The normalized spacial score (nSPS) is 17.3. The van der Waals surface area contributed by atoms with Gasteiger partial charge < -0.3 is 35.8 Å². The topological polar surface area (TPSA) is 126 Å². The van der Waals surface area contributed by atoms with Crippen molar-refractivity contribution in [2.45, 2.75) is 63.8 Å². The van der Waals surface area contributed by atoms with Crippen molar-refractivity contribution in [1.82, 2.24) is 10.2 Å². The number of hydrogen-bond donors (Lipinski definition) is 4. The fraction of sp³-hybridized carbons (Fsp3) is 0.317. The van der Waals surface area contributed by atoms with Crippen LogP contribution < -0.4 is 16.4 Å². The predicted molar refractivity (Wildman–Crippen MR) is 198 cm³/mol. The Labute approximate surface area is 295 Å². The van der Waals surface area contributed by atoms with Crippen LogP contribution in [0.2, 0.25) is 0 Å². The molecule has 0 aromatic heterocycles. The van der Waals surface area contributed by atoms with Gasteiger partial charge in [0.05, 0.1) is 30.2 Å². The summed E-state index contributed by atoms with van der Waals surface area (Å²) in [4.78, 5) is 27.0. The molecule has 1 aliphatic rings. The maximum Gasteiger partial charge on any atom is 0.224 e. The molecule has 0 spiro atoms. The van der Waals surface area contributed by atoms with Gasteiger partial charge in [0, 0.05) is 44.5 Å². The third-order valence-electron chi connectivity index (χ3n) is 8.77. The Morgan fingerprint density at radius 2 is 1.60 bits per heavy atom. The molecule has 4 aromatic rings. The second-order valence-corrected chi connectivity index (χ2v) is 12.8. The van der Waals surface area contributed by atoms with Crippen LogP contribution in [0.4, 0.5) is 11.4 Å². The first-order chi connectivity index (χ1) is 24.3. The molecule has 1 aliphatic heterocycles. The highest BCUT2D eigenvalue weighted by molar-refractivity contribution is 5.93. The lowest BCUT2D eigenvalue weighted by Crippen LogP contribution is -2.37. The quantitative estimate of drug-likeness (QED) is 0.0578. The molecule has 5 rings (SSSR count). The summed E-state index contributed by atoms with van der Waals surface area (Å²) < 4.78 is 13.1. The number of unbranched alkanes of at least 4 members (excludes halogenated alkanes) is 1. The van der Waals surface area contributed by atoms with E-state index in [1.807, 2.05) is 66.7 Å². The molecular weight excluding hydrogens is 628 g/mol. The number of para-hydroxylation sites is 2. The molecule has 5 N–H and O–H groups in total. The fourth-order valence-electron chi connectivity index (χ4n) is 6.08. The number of rotatable bonds is 16. The second kappa shape index (κ2) is 18.3. The Morgan fingerprint density at radius 3 is 2.34 bits per heavy atom. The first kappa shape index (κ1) is 36.5. The standard InChI is InChI=1S/C41H48N4O5/c1-3-22-45(2)27-35-25-38(31-20-18-29(28-46)19-21-31)50-41(49-35)34-13-9-12-33(24-34)32-11-8-10-30(23-32)26-43-39(47)16-6-7-17-40(48)44-37-15-5-4-14-36(37)42/h3-5,8-15,18-21,23-24,35,38,41,46H,1,6-7,16-17,22,25-28,42H2,2H3,(H,43,47)(H,44,48)/t35-,38+,41+/m0/s1. The number of hydrogen-bond acceptors (Lipinski definition) is 7. The maximum absolute atomic E-state index is 12.6. The minimum atomic E-state index is -0.557. The monoisotopic (exact) mass is 676 g/mol. The van der Waals surface area contributed by atoms with Crippen LogP contribution in [0.3, 0.4) is 0 Å². The number of nitrogens with one attached hydrogen (secondary N) is 2. The van der Waals surface area contributed by atoms with Crippen LogP contribution in [0.15, 0.2) is 110 Å². The van der Waals surface area contributed by atoms with E-state index in [4.69, 9.17) is 15.2 Å². The first-order valence-corrected chi connectivity index (χ1v) is 17.2. The van der Waals surface area contributed by atoms with Crippen molar-refractivity contribution in [3.63, 3.8) is 0 Å². The van der Waals surface area contributed by atoms with E-state index in [0.717, 1.165) is 46.5 Å². The van der Waals surface area contributed by atoms with E-state index in [1.54, 1.807) is 12.1 Å². The average Bonchev–Trinajstić information content (AvgIpc) is 3.13. The molecule has 4 aromatic carbocycles. The molecule has 0 radical (unpaired) electrons. The van der Waals surface area contributed by atoms with Gasteiger partial charge in [-0.3, -0.25) is 9.59 Å². The summed E-state index contributed by atoms with van der Waals surface area (Å²) in [5, 5.41) is 15.3. The van der Waals surface area contributed by atoms with Crippen LogP contribution in [-0.2, 0) is 32.2 Å². The Balaban J connectivity index is 1.17. The molecule has 1 fully saturated rings. The van der Waals surface area contributed by atoms with Gasteiger partial charge in [-0.2, -0.15) is 0 Å². The molecule has 3 atom stereocenters. The Morgan fingerprint density at radius 1 is 0.880 bits per heavy atom. The van der Waals surface area contributed by atoms with Gasteiger partial charge in [-0.1, -0.05) is 78.9 Å². The minimum Gasteiger partial charge on any atom is -0.397 e. The number of carbonyl (C=O) groups excluding carboxylic acids is 2. The van der Waals surface area contributed by atoms with Crippen molar-refractivity contribution in [2.24, 2.45) is 0 Å². The first-order valence-electron chi connectivity index (χ1n) is 17.2. The van der Waals surface area contributed by atoms with Crippen LogP contribution in [0.5, 0.6) is 0 Å². The van der Waals surface area contributed by atoms with Crippen LogP contribution in [-0.4, -0.2) is 48.1 Å². The van der Waals surface area contributed by atoms with Crippen LogP contribution >= 0.6 is 0 Å². The van der Waals surface area contributed by atoms with Gasteiger partial charge in [0.2, 0.25) is 11.8 Å². The fourth-order valence-corrected chi connectivity index (χ4v) is 6.08. The molecular formula is C41H48N4O5. The molecule has 0 aliphatic carbocycles. The number of benzene rings is 4. The second-order valence-electron chi connectivity index (χ2n) is 12.8. The molecule has 262 valence electrons. The molecule has 0 unspecified atom stereocenters. The minimum absolute atomic E-state index is 0.000859. The lowest BCUT2D eigenvalue weighted by atomic mass is 9.98. The van der Waals surface area contributed by atoms with Gasteiger partial charge in [-0.05, 0) is 72.0 Å². The zero-order valence-electron chi connectivity index (χ0n) is 28.7. The molecule has 1 saturated heterocycles. The molecule has 9 heteroatoms. The van der Waals surface area contributed by atoms with E-state index < -0.39 is 6.29 Å². The van der Waals surface area contributed by atoms with Crippen LogP contribution in [0, 0.1) is 0 Å². The van der Waals surface area contributed by atoms with Crippen molar-refractivity contribution >= 4 is 23.2 Å². The lowest BCUT2D eigenvalue weighted by Gasteiger charge is -2.37. The van der Waals surface area contributed by atoms with Crippen LogP contribution in [0.1, 0.15) is 66.8 Å². The van der Waals surface area contributed by atoms with Gasteiger partial charge in [-0.15, -0.1) is 6.58 Å². The van der Waals surface area contributed by atoms with E-state index >= 15 is 0 Å². The summed E-state index contributed by atoms with van der Waals surface area (Å²) in [6.45, 7) is 5.78. The highest BCUT2D eigenvalue weighted by Crippen LogP contribution is 2.39. The largest absolute Gasteiger partial charge is 0.397 e. The van der Waals surface area contributed by atoms with Crippen molar-refractivity contribution in [3.8, 4) is 11.1 Å². The van der Waals surface area contributed by atoms with Crippen molar-refractivity contribution in [1.29, 1.82) is 0 Å². The summed E-state index contributed by atoms with van der Waals surface area (Å²) in [5.74, 6) is -0.166. The van der Waals surface area contributed by atoms with Crippen LogP contribution in [0.25, 0.3) is 11.1 Å². The lowest BCUT2D eigenvalue weighted by molar-refractivity contribution is -0.252. The van der Waals surface area contributed by atoms with Crippen molar-refractivity contribution < 1.29 is 24.2 Å². The number of aliphatic hydroxyl groups excluding tert-OH is 1. The van der Waals surface area contributed by atoms with E-state index in [9.17, 15) is 14.7 Å². The molecule has 2 amide bonds. The summed E-state index contributed by atoms with van der Waals surface area (Å²) in [5.41, 5.74) is 12.9. The zero-order valence-corrected chi connectivity index (χ0v) is 28.7. The number of nitrogen functional groups attached to an aromatic ring is 1. The molecule has 0 bridgehead atoms. The highest BCUT2D eigenvalue weighted by Gasteiger charge is 2.32. The van der Waals surface area contributed by atoms with Gasteiger partial charge >= 0.3 is 0 Å².